The van der Waals surface area contributed by atoms with Crippen LogP contribution in [0.5, 0.6) is 0 Å². The molecule has 2 N–H and O–H groups in total. The molecule has 0 aromatic rings. The number of carbonyl (C=O) groups excluding carboxylic acids is 1. The van der Waals surface area contributed by atoms with Gasteiger partial charge < -0.3 is 15.3 Å². The summed E-state index contributed by atoms with van der Waals surface area (Å²) in [6.45, 7) is 1.08. The van der Waals surface area contributed by atoms with Crippen LogP contribution >= 0.6 is 0 Å². The van der Waals surface area contributed by atoms with Crippen molar-refractivity contribution in [2.24, 2.45) is 11.8 Å². The Hall–Kier alpha value is -1.12. The van der Waals surface area contributed by atoms with E-state index in [0.717, 1.165) is 45.1 Å². The first kappa shape index (κ1) is 13.8. The third-order valence-corrected chi connectivity index (χ3v) is 5.25. The number of fused-ring (bicyclic) bond motifs is 1. The number of amides is 1. The van der Waals surface area contributed by atoms with E-state index in [0.29, 0.717) is 24.4 Å². The molecule has 1 unspecified atom stereocenters. The normalized spacial score (nSPS) is 39.8. The average Bonchev–Trinajstić information content (AvgIpc) is 3.08. The Labute approximate surface area is 119 Å². The van der Waals surface area contributed by atoms with Crippen molar-refractivity contribution in [2.45, 2.75) is 56.7 Å². The zero-order valence-corrected chi connectivity index (χ0v) is 11.8. The largest absolute Gasteiger partial charge is 0.393 e. The Balaban J connectivity index is 1.44. The first-order chi connectivity index (χ1) is 9.67. The van der Waals surface area contributed by atoms with E-state index < -0.39 is 0 Å². The highest BCUT2D eigenvalue weighted by Crippen LogP contribution is 2.44. The molecule has 5 heteroatoms. The van der Waals surface area contributed by atoms with Crippen molar-refractivity contribution >= 4 is 5.91 Å². The standard InChI is InChI=1S/C15H23N3O2/c16-8-13-2-1-3-18(13)15(20)9-17-12-4-10-6-14(19)7-11(10)5-12/h10-14,17,19H,1-7,9H2/t10-,11+,12?,13-,14+/m0/s1. The van der Waals surface area contributed by atoms with Crippen LogP contribution in [0.3, 0.4) is 0 Å². The molecule has 1 saturated heterocycles. The fourth-order valence-electron chi connectivity index (χ4n) is 4.28. The minimum Gasteiger partial charge on any atom is -0.393 e. The number of nitriles is 1. The highest BCUT2D eigenvalue weighted by atomic mass is 16.3. The van der Waals surface area contributed by atoms with Crippen LogP contribution in [0.1, 0.15) is 38.5 Å². The molecule has 1 amide bonds. The molecule has 0 radical (unpaired) electrons. The molecule has 1 aliphatic heterocycles. The fourth-order valence-corrected chi connectivity index (χ4v) is 4.28. The molecule has 2 saturated carbocycles. The Morgan fingerprint density at radius 3 is 2.65 bits per heavy atom. The van der Waals surface area contributed by atoms with Crippen molar-refractivity contribution in [3.05, 3.63) is 0 Å². The first-order valence-corrected chi connectivity index (χ1v) is 7.78. The quantitative estimate of drug-likeness (QED) is 0.794. The zero-order chi connectivity index (χ0) is 14.1. The minimum absolute atomic E-state index is 0.0612. The van der Waals surface area contributed by atoms with Crippen molar-refractivity contribution in [3.63, 3.8) is 0 Å². The van der Waals surface area contributed by atoms with Crippen molar-refractivity contribution in [3.8, 4) is 6.07 Å². The van der Waals surface area contributed by atoms with Gasteiger partial charge in [-0.15, -0.1) is 0 Å². The maximum absolute atomic E-state index is 12.1. The molecule has 3 rings (SSSR count). The molecule has 3 fully saturated rings. The second-order valence-electron chi connectivity index (χ2n) is 6.57. The Morgan fingerprint density at radius 2 is 2.00 bits per heavy atom. The molecule has 0 aromatic carbocycles. The van der Waals surface area contributed by atoms with Crippen molar-refractivity contribution in [1.29, 1.82) is 5.26 Å². The van der Waals surface area contributed by atoms with E-state index in [2.05, 4.69) is 11.4 Å². The van der Waals surface area contributed by atoms with E-state index in [9.17, 15) is 9.90 Å². The molecule has 20 heavy (non-hydrogen) atoms. The molecule has 5 atom stereocenters. The van der Waals surface area contributed by atoms with Gasteiger partial charge in [0.15, 0.2) is 0 Å². The van der Waals surface area contributed by atoms with Gasteiger partial charge >= 0.3 is 0 Å². The number of hydrogen-bond donors (Lipinski definition) is 2. The van der Waals surface area contributed by atoms with Crippen LogP contribution in [-0.4, -0.2) is 47.2 Å². The van der Waals surface area contributed by atoms with Gasteiger partial charge in [-0.05, 0) is 50.4 Å². The van der Waals surface area contributed by atoms with E-state index in [-0.39, 0.29) is 18.1 Å². The summed E-state index contributed by atoms with van der Waals surface area (Å²) in [5.74, 6) is 1.33. The number of aliphatic hydroxyl groups excluding tert-OH is 1. The zero-order valence-electron chi connectivity index (χ0n) is 11.8. The molecule has 110 valence electrons. The Morgan fingerprint density at radius 1 is 1.30 bits per heavy atom. The maximum Gasteiger partial charge on any atom is 0.237 e. The van der Waals surface area contributed by atoms with Crippen LogP contribution in [0.25, 0.3) is 0 Å². The van der Waals surface area contributed by atoms with E-state index in [1.807, 2.05) is 0 Å². The average molecular weight is 277 g/mol. The van der Waals surface area contributed by atoms with Gasteiger partial charge in [0, 0.05) is 12.6 Å². The molecular weight excluding hydrogens is 254 g/mol. The molecular formula is C15H23N3O2. The Bertz CT molecular complexity index is 406. The number of hydrogen-bond acceptors (Lipinski definition) is 4. The van der Waals surface area contributed by atoms with Gasteiger partial charge in [0.25, 0.3) is 0 Å². The van der Waals surface area contributed by atoms with Crippen LogP contribution < -0.4 is 5.32 Å². The summed E-state index contributed by atoms with van der Waals surface area (Å²) in [5, 5.41) is 22.0. The maximum atomic E-state index is 12.1. The SMILES string of the molecule is N#C[C@@H]1CCCN1C(=O)CNC1C[C@@H]2C[C@H](O)C[C@@H]2C1. The van der Waals surface area contributed by atoms with Crippen LogP contribution in [0.4, 0.5) is 0 Å². The van der Waals surface area contributed by atoms with Crippen molar-refractivity contribution in [1.82, 2.24) is 10.2 Å². The monoisotopic (exact) mass is 277 g/mol. The number of carbonyl (C=O) groups is 1. The van der Waals surface area contributed by atoms with Crippen LogP contribution in [0.2, 0.25) is 0 Å². The van der Waals surface area contributed by atoms with Gasteiger partial charge in [-0.2, -0.15) is 5.26 Å². The van der Waals surface area contributed by atoms with Gasteiger partial charge in [-0.3, -0.25) is 4.79 Å². The number of likely N-dealkylation sites (tertiary alicyclic amines) is 1. The summed E-state index contributed by atoms with van der Waals surface area (Å²) < 4.78 is 0. The van der Waals surface area contributed by atoms with Crippen molar-refractivity contribution < 1.29 is 9.90 Å². The van der Waals surface area contributed by atoms with E-state index in [1.54, 1.807) is 4.90 Å². The third-order valence-electron chi connectivity index (χ3n) is 5.25. The van der Waals surface area contributed by atoms with Crippen molar-refractivity contribution in [2.75, 3.05) is 13.1 Å². The third kappa shape index (κ3) is 2.68. The van der Waals surface area contributed by atoms with Crippen LogP contribution in [-0.2, 0) is 4.79 Å². The summed E-state index contributed by atoms with van der Waals surface area (Å²) in [7, 11) is 0. The molecule has 5 nitrogen and oxygen atoms in total. The lowest BCUT2D eigenvalue weighted by Crippen LogP contribution is -2.43. The van der Waals surface area contributed by atoms with Gasteiger partial charge in [-0.25, -0.2) is 0 Å². The predicted octanol–water partition coefficient (Wildman–Crippen LogP) is 0.640. The number of nitrogens with zero attached hydrogens (tertiary/aromatic N) is 2. The second kappa shape index (κ2) is 5.71. The lowest BCUT2D eigenvalue weighted by atomic mass is 10.0. The molecule has 3 aliphatic rings. The fraction of sp³-hybridized carbons (Fsp3) is 0.867. The number of aliphatic hydroxyl groups is 1. The van der Waals surface area contributed by atoms with Gasteiger partial charge in [0.2, 0.25) is 5.91 Å². The summed E-state index contributed by atoms with van der Waals surface area (Å²) in [4.78, 5) is 13.9. The molecule has 1 heterocycles. The summed E-state index contributed by atoms with van der Waals surface area (Å²) >= 11 is 0. The van der Waals surface area contributed by atoms with Crippen LogP contribution in [0.15, 0.2) is 0 Å². The van der Waals surface area contributed by atoms with Gasteiger partial charge in [-0.1, -0.05) is 0 Å². The second-order valence-corrected chi connectivity index (χ2v) is 6.57. The van der Waals surface area contributed by atoms with Gasteiger partial charge in [0.05, 0.1) is 18.7 Å². The van der Waals surface area contributed by atoms with E-state index >= 15 is 0 Å². The minimum atomic E-state index is -0.220. The first-order valence-electron chi connectivity index (χ1n) is 7.78. The summed E-state index contributed by atoms with van der Waals surface area (Å²) in [6, 6.07) is 2.40. The summed E-state index contributed by atoms with van der Waals surface area (Å²) in [5.41, 5.74) is 0. The lowest BCUT2D eigenvalue weighted by Gasteiger charge is -2.21. The Kier molecular flexibility index (Phi) is 3.95. The number of nitrogens with one attached hydrogen (secondary N) is 1. The molecule has 0 spiro atoms. The summed E-state index contributed by atoms with van der Waals surface area (Å²) in [6.07, 6.45) is 5.67. The highest BCUT2D eigenvalue weighted by Gasteiger charge is 2.41. The molecule has 0 bridgehead atoms. The van der Waals surface area contributed by atoms with Gasteiger partial charge in [0.1, 0.15) is 6.04 Å². The predicted molar refractivity (Wildman–Crippen MR) is 73.6 cm³/mol. The smallest absolute Gasteiger partial charge is 0.237 e. The lowest BCUT2D eigenvalue weighted by molar-refractivity contribution is -0.130. The van der Waals surface area contributed by atoms with E-state index in [1.165, 1.54) is 0 Å². The number of rotatable bonds is 3. The molecule has 2 aliphatic carbocycles. The highest BCUT2D eigenvalue weighted by molar-refractivity contribution is 5.79. The van der Waals surface area contributed by atoms with E-state index in [4.69, 9.17) is 5.26 Å². The topological polar surface area (TPSA) is 76.4 Å². The molecule has 0 aromatic heterocycles. The van der Waals surface area contributed by atoms with Crippen LogP contribution in [0, 0.1) is 23.2 Å².